The van der Waals surface area contributed by atoms with Crippen molar-refractivity contribution in [3.8, 4) is 11.4 Å². The lowest BCUT2D eigenvalue weighted by Crippen LogP contribution is -2.45. The quantitative estimate of drug-likeness (QED) is 0.583. The maximum atomic E-state index is 13.1. The second kappa shape index (κ2) is 9.35. The van der Waals surface area contributed by atoms with Crippen LogP contribution in [-0.2, 0) is 21.4 Å². The molecule has 11 heteroatoms. The number of halogens is 2. The average Bonchev–Trinajstić information content (AvgIpc) is 3.27. The first-order valence-electron chi connectivity index (χ1n) is 9.95. The Balaban J connectivity index is 1.36. The van der Waals surface area contributed by atoms with Crippen LogP contribution in [0.2, 0.25) is 5.02 Å². The predicted octanol–water partition coefficient (Wildman–Crippen LogP) is 3.25. The molecule has 4 rings (SSSR count). The van der Waals surface area contributed by atoms with Crippen LogP contribution >= 0.6 is 11.6 Å². The Labute approximate surface area is 189 Å². The minimum absolute atomic E-state index is 0.000506. The summed E-state index contributed by atoms with van der Waals surface area (Å²) in [5.41, 5.74) is 0.727. The van der Waals surface area contributed by atoms with Crippen LogP contribution in [0.5, 0.6) is 0 Å². The van der Waals surface area contributed by atoms with Gasteiger partial charge in [-0.1, -0.05) is 16.8 Å². The number of hydrogen-bond acceptors (Lipinski definition) is 6. The summed E-state index contributed by atoms with van der Waals surface area (Å²) in [6.45, 7) is 0.379. The van der Waals surface area contributed by atoms with Crippen LogP contribution in [0.4, 0.5) is 4.39 Å². The second-order valence-electron chi connectivity index (χ2n) is 7.39. The molecule has 168 valence electrons. The molecule has 1 amide bonds. The maximum absolute atomic E-state index is 13.1. The van der Waals surface area contributed by atoms with E-state index >= 15 is 0 Å². The van der Waals surface area contributed by atoms with Gasteiger partial charge in [-0.3, -0.25) is 4.79 Å². The van der Waals surface area contributed by atoms with Crippen molar-refractivity contribution < 1.29 is 22.1 Å². The Bertz CT molecular complexity index is 1200. The Hall–Kier alpha value is -2.82. The molecule has 1 aromatic heterocycles. The molecule has 0 aliphatic carbocycles. The van der Waals surface area contributed by atoms with Gasteiger partial charge in [0.1, 0.15) is 5.82 Å². The van der Waals surface area contributed by atoms with Crippen molar-refractivity contribution in [1.29, 1.82) is 0 Å². The standard InChI is InChI=1S/C21H20ClFN4O4S/c22-16-5-3-14(4-6-16)20-25-19(31-26-20)12-24-21(28)15-2-1-11-27(13-15)32(29,30)18-9-7-17(23)8-10-18/h3-10,15H,1-2,11-13H2,(H,24,28)/t15-/m1/s1. The van der Waals surface area contributed by atoms with E-state index in [2.05, 4.69) is 15.5 Å². The number of aromatic nitrogens is 2. The number of carbonyl (C=O) groups is 1. The molecule has 2 heterocycles. The number of piperidine rings is 1. The van der Waals surface area contributed by atoms with Crippen molar-refractivity contribution in [3.05, 3.63) is 65.3 Å². The SMILES string of the molecule is O=C(NCc1nc(-c2ccc(Cl)cc2)no1)[C@@H]1CCCN(S(=O)(=O)c2ccc(F)cc2)C1. The molecular weight excluding hydrogens is 459 g/mol. The molecule has 8 nitrogen and oxygen atoms in total. The molecule has 0 bridgehead atoms. The van der Waals surface area contributed by atoms with Gasteiger partial charge in [0.2, 0.25) is 27.6 Å². The van der Waals surface area contributed by atoms with Gasteiger partial charge in [0.25, 0.3) is 0 Å². The number of nitrogens with one attached hydrogen (secondary N) is 1. The number of sulfonamides is 1. The summed E-state index contributed by atoms with van der Waals surface area (Å²) in [6, 6.07) is 11.6. The molecule has 0 spiro atoms. The predicted molar refractivity (Wildman–Crippen MR) is 114 cm³/mol. The minimum Gasteiger partial charge on any atom is -0.347 e. The van der Waals surface area contributed by atoms with Gasteiger partial charge in [-0.2, -0.15) is 9.29 Å². The largest absolute Gasteiger partial charge is 0.347 e. The molecule has 3 aromatic rings. The number of benzene rings is 2. The third-order valence-electron chi connectivity index (χ3n) is 5.19. The summed E-state index contributed by atoms with van der Waals surface area (Å²) < 4.78 is 45.3. The lowest BCUT2D eigenvalue weighted by Gasteiger charge is -2.31. The van der Waals surface area contributed by atoms with Gasteiger partial charge >= 0.3 is 0 Å². The summed E-state index contributed by atoms with van der Waals surface area (Å²) >= 11 is 5.87. The minimum atomic E-state index is -3.81. The Kier molecular flexibility index (Phi) is 6.54. The molecule has 1 atom stereocenters. The topological polar surface area (TPSA) is 105 Å². The third-order valence-corrected chi connectivity index (χ3v) is 7.32. The number of hydrogen-bond donors (Lipinski definition) is 1. The average molecular weight is 479 g/mol. The van der Waals surface area contributed by atoms with Crippen molar-refractivity contribution in [2.75, 3.05) is 13.1 Å². The first-order valence-corrected chi connectivity index (χ1v) is 11.8. The van der Waals surface area contributed by atoms with Crippen molar-refractivity contribution in [1.82, 2.24) is 19.8 Å². The lowest BCUT2D eigenvalue weighted by molar-refractivity contribution is -0.126. The van der Waals surface area contributed by atoms with Gasteiger partial charge in [0.05, 0.1) is 17.4 Å². The van der Waals surface area contributed by atoms with Gasteiger partial charge in [-0.05, 0) is 61.4 Å². The van der Waals surface area contributed by atoms with Gasteiger partial charge in [0, 0.05) is 23.7 Å². The molecule has 2 aromatic carbocycles. The van der Waals surface area contributed by atoms with E-state index in [4.69, 9.17) is 16.1 Å². The highest BCUT2D eigenvalue weighted by molar-refractivity contribution is 7.89. The van der Waals surface area contributed by atoms with E-state index in [1.54, 1.807) is 24.3 Å². The number of carbonyl (C=O) groups excluding carboxylic acids is 1. The third kappa shape index (κ3) is 4.98. The van der Waals surface area contributed by atoms with Crippen molar-refractivity contribution >= 4 is 27.5 Å². The molecule has 1 fully saturated rings. The normalized spacial score (nSPS) is 17.2. The molecular formula is C21H20ClFN4O4S. The number of nitrogens with zero attached hydrogens (tertiary/aromatic N) is 3. The number of amides is 1. The van der Waals surface area contributed by atoms with Crippen molar-refractivity contribution in [2.45, 2.75) is 24.3 Å². The zero-order valence-electron chi connectivity index (χ0n) is 16.9. The molecule has 0 unspecified atom stereocenters. The van der Waals surface area contributed by atoms with E-state index in [1.165, 1.54) is 16.4 Å². The monoisotopic (exact) mass is 478 g/mol. The highest BCUT2D eigenvalue weighted by Crippen LogP contribution is 2.24. The highest BCUT2D eigenvalue weighted by Gasteiger charge is 2.33. The Morgan fingerprint density at radius 2 is 1.91 bits per heavy atom. The zero-order valence-corrected chi connectivity index (χ0v) is 18.4. The van der Waals surface area contributed by atoms with Gasteiger partial charge < -0.3 is 9.84 Å². The van der Waals surface area contributed by atoms with E-state index in [9.17, 15) is 17.6 Å². The first-order chi connectivity index (χ1) is 15.3. The van der Waals surface area contributed by atoms with E-state index in [0.29, 0.717) is 30.2 Å². The second-order valence-corrected chi connectivity index (χ2v) is 9.77. The smallest absolute Gasteiger partial charge is 0.246 e. The van der Waals surface area contributed by atoms with Gasteiger partial charge in [0.15, 0.2) is 0 Å². The lowest BCUT2D eigenvalue weighted by atomic mass is 9.99. The van der Waals surface area contributed by atoms with Gasteiger partial charge in [-0.15, -0.1) is 0 Å². The van der Waals surface area contributed by atoms with Crippen LogP contribution in [0.15, 0.2) is 57.9 Å². The van der Waals surface area contributed by atoms with Crippen molar-refractivity contribution in [2.24, 2.45) is 5.92 Å². The van der Waals surface area contributed by atoms with E-state index in [1.807, 2.05) is 0 Å². The van der Waals surface area contributed by atoms with E-state index < -0.39 is 21.8 Å². The van der Waals surface area contributed by atoms with Gasteiger partial charge in [-0.25, -0.2) is 12.8 Å². The van der Waals surface area contributed by atoms with Crippen LogP contribution in [0.3, 0.4) is 0 Å². The van der Waals surface area contributed by atoms with Crippen LogP contribution in [-0.4, -0.2) is 41.9 Å². The summed E-state index contributed by atoms with van der Waals surface area (Å²) in [4.78, 5) is 16.9. The molecule has 1 aliphatic heterocycles. The molecule has 0 saturated carbocycles. The summed E-state index contributed by atoms with van der Waals surface area (Å²) in [6.07, 6.45) is 1.10. The molecule has 1 N–H and O–H groups in total. The fourth-order valence-corrected chi connectivity index (χ4v) is 5.13. The molecule has 1 aliphatic rings. The molecule has 1 saturated heterocycles. The van der Waals surface area contributed by atoms with E-state index in [0.717, 1.165) is 17.7 Å². The highest BCUT2D eigenvalue weighted by atomic mass is 35.5. The maximum Gasteiger partial charge on any atom is 0.246 e. The van der Waals surface area contributed by atoms with E-state index in [-0.39, 0.29) is 29.8 Å². The Morgan fingerprint density at radius 1 is 1.19 bits per heavy atom. The zero-order chi connectivity index (χ0) is 22.7. The van der Waals surface area contributed by atoms with Crippen LogP contribution in [0, 0.1) is 11.7 Å². The number of rotatable bonds is 6. The summed E-state index contributed by atoms with van der Waals surface area (Å²) in [5, 5.41) is 7.22. The fourth-order valence-electron chi connectivity index (χ4n) is 3.48. The van der Waals surface area contributed by atoms with Crippen molar-refractivity contribution in [3.63, 3.8) is 0 Å². The van der Waals surface area contributed by atoms with Crippen LogP contribution in [0.1, 0.15) is 18.7 Å². The molecule has 0 radical (unpaired) electrons. The van der Waals surface area contributed by atoms with Crippen LogP contribution in [0.25, 0.3) is 11.4 Å². The van der Waals surface area contributed by atoms with Crippen LogP contribution < -0.4 is 5.32 Å². The fraction of sp³-hybridized carbons (Fsp3) is 0.286. The summed E-state index contributed by atoms with van der Waals surface area (Å²) in [5.74, 6) is -0.719. The first kappa shape index (κ1) is 22.4. The summed E-state index contributed by atoms with van der Waals surface area (Å²) in [7, 11) is -3.81. The molecule has 32 heavy (non-hydrogen) atoms. The Morgan fingerprint density at radius 3 is 2.62 bits per heavy atom.